The van der Waals surface area contributed by atoms with E-state index in [4.69, 9.17) is 5.73 Å². The van der Waals surface area contributed by atoms with E-state index in [0.717, 1.165) is 19.3 Å². The van der Waals surface area contributed by atoms with Gasteiger partial charge in [-0.1, -0.05) is 24.3 Å². The first-order valence-electron chi connectivity index (χ1n) is 6.80. The Bertz CT molecular complexity index is 647. The van der Waals surface area contributed by atoms with E-state index in [0.29, 0.717) is 11.4 Å². The number of carbonyl (C=O) groups excluding carboxylic acids is 1. The minimum atomic E-state index is -0.188. The number of nitrogens with zero attached hydrogens (tertiary/aromatic N) is 2. The Kier molecular flexibility index (Phi) is 3.18. The number of aryl methyl sites for hydroxylation is 2. The van der Waals surface area contributed by atoms with Gasteiger partial charge in [-0.2, -0.15) is 5.10 Å². The smallest absolute Gasteiger partial charge is 0.274 e. The quantitative estimate of drug-likeness (QED) is 0.863. The molecule has 20 heavy (non-hydrogen) atoms. The van der Waals surface area contributed by atoms with Crippen molar-refractivity contribution in [2.24, 2.45) is 7.05 Å². The molecule has 0 spiro atoms. The van der Waals surface area contributed by atoms with Crippen molar-refractivity contribution in [3.63, 3.8) is 0 Å². The van der Waals surface area contributed by atoms with Gasteiger partial charge in [0.25, 0.3) is 5.91 Å². The van der Waals surface area contributed by atoms with Crippen LogP contribution in [0.25, 0.3) is 0 Å². The lowest BCUT2D eigenvalue weighted by atomic mass is 9.88. The van der Waals surface area contributed by atoms with Gasteiger partial charge in [0.1, 0.15) is 0 Å². The normalized spacial score (nSPS) is 17.6. The highest BCUT2D eigenvalue weighted by Crippen LogP contribution is 2.21. The molecule has 0 fully saturated rings. The fourth-order valence-electron chi connectivity index (χ4n) is 2.76. The van der Waals surface area contributed by atoms with Crippen LogP contribution in [0, 0.1) is 0 Å². The van der Waals surface area contributed by atoms with E-state index < -0.39 is 0 Å². The van der Waals surface area contributed by atoms with E-state index in [1.54, 1.807) is 17.9 Å². The van der Waals surface area contributed by atoms with E-state index in [1.165, 1.54) is 11.1 Å². The van der Waals surface area contributed by atoms with Crippen molar-refractivity contribution in [1.82, 2.24) is 15.1 Å². The van der Waals surface area contributed by atoms with Crippen molar-refractivity contribution in [2.75, 3.05) is 5.73 Å². The van der Waals surface area contributed by atoms with Gasteiger partial charge < -0.3 is 11.1 Å². The summed E-state index contributed by atoms with van der Waals surface area (Å²) in [5.74, 6) is -0.188. The molecule has 0 saturated heterocycles. The molecule has 1 aliphatic carbocycles. The minimum absolute atomic E-state index is 0.152. The van der Waals surface area contributed by atoms with Gasteiger partial charge in [0, 0.05) is 19.3 Å². The number of aromatic nitrogens is 2. The molecule has 3 N–H and O–H groups in total. The second-order valence-corrected chi connectivity index (χ2v) is 5.29. The third-order valence-electron chi connectivity index (χ3n) is 3.75. The molecule has 5 heteroatoms. The van der Waals surface area contributed by atoms with Crippen LogP contribution >= 0.6 is 0 Å². The van der Waals surface area contributed by atoms with Gasteiger partial charge in [-0.05, 0) is 30.4 Å². The Hall–Kier alpha value is -2.30. The van der Waals surface area contributed by atoms with Gasteiger partial charge in [0.15, 0.2) is 5.69 Å². The zero-order valence-electron chi connectivity index (χ0n) is 11.5. The van der Waals surface area contributed by atoms with E-state index in [9.17, 15) is 4.79 Å². The van der Waals surface area contributed by atoms with Crippen molar-refractivity contribution in [2.45, 2.75) is 25.3 Å². The number of hydrogen-bond donors (Lipinski definition) is 2. The third-order valence-corrected chi connectivity index (χ3v) is 3.75. The molecule has 0 aliphatic heterocycles. The molecule has 5 nitrogen and oxygen atoms in total. The van der Waals surface area contributed by atoms with E-state index in [2.05, 4.69) is 28.6 Å². The van der Waals surface area contributed by atoms with Gasteiger partial charge in [-0.25, -0.2) is 0 Å². The van der Waals surface area contributed by atoms with E-state index >= 15 is 0 Å². The SMILES string of the molecule is Cn1cc(N)c(C(=O)NC2CCc3ccccc3C2)n1. The van der Waals surface area contributed by atoms with Gasteiger partial charge in [-0.3, -0.25) is 9.48 Å². The number of nitrogens with two attached hydrogens (primary N) is 1. The van der Waals surface area contributed by atoms with Crippen LogP contribution in [0.3, 0.4) is 0 Å². The van der Waals surface area contributed by atoms with Crippen LogP contribution in [0.15, 0.2) is 30.5 Å². The van der Waals surface area contributed by atoms with Crippen molar-refractivity contribution in [1.29, 1.82) is 0 Å². The summed E-state index contributed by atoms with van der Waals surface area (Å²) in [5.41, 5.74) is 9.21. The molecule has 0 radical (unpaired) electrons. The van der Waals surface area contributed by atoms with Crippen LogP contribution in [0.1, 0.15) is 28.0 Å². The number of nitrogens with one attached hydrogen (secondary N) is 1. The fourth-order valence-corrected chi connectivity index (χ4v) is 2.76. The van der Waals surface area contributed by atoms with Crippen molar-refractivity contribution in [3.05, 3.63) is 47.3 Å². The van der Waals surface area contributed by atoms with Gasteiger partial charge >= 0.3 is 0 Å². The lowest BCUT2D eigenvalue weighted by molar-refractivity contribution is 0.0929. The number of carbonyl (C=O) groups is 1. The second-order valence-electron chi connectivity index (χ2n) is 5.29. The molecule has 104 valence electrons. The van der Waals surface area contributed by atoms with E-state index in [1.807, 2.05) is 6.07 Å². The molecular weight excluding hydrogens is 252 g/mol. The monoisotopic (exact) mass is 270 g/mol. The molecule has 2 aromatic rings. The van der Waals surface area contributed by atoms with Crippen LogP contribution in [0.4, 0.5) is 5.69 Å². The highest BCUT2D eigenvalue weighted by molar-refractivity contribution is 5.97. The highest BCUT2D eigenvalue weighted by atomic mass is 16.2. The van der Waals surface area contributed by atoms with Crippen LogP contribution in [0.2, 0.25) is 0 Å². The molecule has 0 saturated carbocycles. The molecular formula is C15H18N4O. The number of anilines is 1. The number of nitrogen functional groups attached to an aromatic ring is 1. The Labute approximate surface area is 117 Å². The molecule has 1 aliphatic rings. The summed E-state index contributed by atoms with van der Waals surface area (Å²) in [6.07, 6.45) is 4.47. The first kappa shape index (κ1) is 12.7. The highest BCUT2D eigenvalue weighted by Gasteiger charge is 2.22. The van der Waals surface area contributed by atoms with Gasteiger partial charge in [0.05, 0.1) is 5.69 Å². The molecule has 1 aromatic carbocycles. The summed E-state index contributed by atoms with van der Waals surface area (Å²) in [5, 5.41) is 7.14. The summed E-state index contributed by atoms with van der Waals surface area (Å²) in [6.45, 7) is 0. The molecule has 1 unspecified atom stereocenters. The standard InChI is InChI=1S/C15H18N4O/c1-19-9-13(16)14(18-19)15(20)17-12-7-6-10-4-2-3-5-11(10)8-12/h2-5,9,12H,6-8,16H2,1H3,(H,17,20). The number of hydrogen-bond acceptors (Lipinski definition) is 3. The third kappa shape index (κ3) is 2.39. The number of amides is 1. The van der Waals surface area contributed by atoms with Crippen LogP contribution in [-0.4, -0.2) is 21.7 Å². The molecule has 1 aromatic heterocycles. The molecule has 1 atom stereocenters. The lowest BCUT2D eigenvalue weighted by Crippen LogP contribution is -2.39. The average molecular weight is 270 g/mol. The zero-order valence-corrected chi connectivity index (χ0v) is 11.5. The largest absolute Gasteiger partial charge is 0.396 e. The number of fused-ring (bicyclic) bond motifs is 1. The van der Waals surface area contributed by atoms with Crippen molar-refractivity contribution in [3.8, 4) is 0 Å². The summed E-state index contributed by atoms with van der Waals surface area (Å²) < 4.78 is 1.56. The van der Waals surface area contributed by atoms with Gasteiger partial charge in [-0.15, -0.1) is 0 Å². The predicted octanol–water partition coefficient (Wildman–Crippen LogP) is 1.29. The number of benzene rings is 1. The summed E-state index contributed by atoms with van der Waals surface area (Å²) in [7, 11) is 1.75. The summed E-state index contributed by atoms with van der Waals surface area (Å²) in [4.78, 5) is 12.2. The maximum absolute atomic E-state index is 12.2. The average Bonchev–Trinajstić information content (AvgIpc) is 2.78. The fraction of sp³-hybridized carbons (Fsp3) is 0.333. The zero-order chi connectivity index (χ0) is 14.1. The minimum Gasteiger partial charge on any atom is -0.396 e. The maximum atomic E-state index is 12.2. The Morgan fingerprint density at radius 3 is 2.85 bits per heavy atom. The maximum Gasteiger partial charge on any atom is 0.274 e. The summed E-state index contributed by atoms with van der Waals surface area (Å²) >= 11 is 0. The number of rotatable bonds is 2. The molecule has 0 bridgehead atoms. The molecule has 1 heterocycles. The second kappa shape index (κ2) is 5.00. The Morgan fingerprint density at radius 1 is 1.40 bits per heavy atom. The Morgan fingerprint density at radius 2 is 2.15 bits per heavy atom. The van der Waals surface area contributed by atoms with Crippen molar-refractivity contribution >= 4 is 11.6 Å². The van der Waals surface area contributed by atoms with Crippen LogP contribution < -0.4 is 11.1 Å². The molecule has 1 amide bonds. The topological polar surface area (TPSA) is 72.9 Å². The van der Waals surface area contributed by atoms with E-state index in [-0.39, 0.29) is 11.9 Å². The van der Waals surface area contributed by atoms with Crippen LogP contribution in [0.5, 0.6) is 0 Å². The molecule has 3 rings (SSSR count). The lowest BCUT2D eigenvalue weighted by Gasteiger charge is -2.25. The first-order valence-corrected chi connectivity index (χ1v) is 6.80. The van der Waals surface area contributed by atoms with Gasteiger partial charge in [0.2, 0.25) is 0 Å². The van der Waals surface area contributed by atoms with Crippen molar-refractivity contribution < 1.29 is 4.79 Å². The first-order chi connectivity index (χ1) is 9.63. The summed E-state index contributed by atoms with van der Waals surface area (Å²) in [6, 6.07) is 8.54. The Balaban J connectivity index is 1.71. The van der Waals surface area contributed by atoms with Crippen LogP contribution in [-0.2, 0) is 19.9 Å². The predicted molar refractivity (Wildman–Crippen MR) is 77.3 cm³/mol.